The molecule has 0 amide bonds. The maximum absolute atomic E-state index is 4.50. The SMILES string of the molecule is CCn1nc(C)c2ccc(PC)cc21. The van der Waals surface area contributed by atoms with Crippen LogP contribution in [0.4, 0.5) is 0 Å². The minimum absolute atomic E-state index is 0.859. The third kappa shape index (κ3) is 1.44. The molecular formula is C11H15N2P. The lowest BCUT2D eigenvalue weighted by atomic mass is 10.2. The summed E-state index contributed by atoms with van der Waals surface area (Å²) < 4.78 is 2.08. The van der Waals surface area contributed by atoms with E-state index in [0.29, 0.717) is 0 Å². The van der Waals surface area contributed by atoms with Crippen LogP contribution in [0.2, 0.25) is 0 Å². The lowest BCUT2D eigenvalue weighted by Gasteiger charge is -2.00. The van der Waals surface area contributed by atoms with Crippen molar-refractivity contribution in [2.75, 3.05) is 6.66 Å². The first kappa shape index (κ1) is 9.67. The van der Waals surface area contributed by atoms with Crippen molar-refractivity contribution < 1.29 is 0 Å². The highest BCUT2D eigenvalue weighted by atomic mass is 31.1. The molecule has 0 saturated heterocycles. The largest absolute Gasteiger partial charge is 0.265 e. The molecule has 0 aliphatic rings. The van der Waals surface area contributed by atoms with Gasteiger partial charge in [-0.1, -0.05) is 20.7 Å². The Balaban J connectivity index is 2.71. The quantitative estimate of drug-likeness (QED) is 0.689. The van der Waals surface area contributed by atoms with Crippen LogP contribution in [-0.2, 0) is 6.54 Å². The van der Waals surface area contributed by atoms with Crippen LogP contribution in [0.3, 0.4) is 0 Å². The second-order valence-electron chi connectivity index (χ2n) is 3.38. The van der Waals surface area contributed by atoms with Crippen molar-refractivity contribution in [3.8, 4) is 0 Å². The van der Waals surface area contributed by atoms with Crippen LogP contribution in [0.15, 0.2) is 18.2 Å². The molecule has 1 heterocycles. The third-order valence-electron chi connectivity index (χ3n) is 2.52. The third-order valence-corrected chi connectivity index (χ3v) is 3.41. The van der Waals surface area contributed by atoms with Crippen molar-refractivity contribution in [1.82, 2.24) is 9.78 Å². The molecule has 0 fully saturated rings. The number of rotatable bonds is 2. The minimum Gasteiger partial charge on any atom is -0.265 e. The maximum Gasteiger partial charge on any atom is 0.0691 e. The fraction of sp³-hybridized carbons (Fsp3) is 0.364. The van der Waals surface area contributed by atoms with Gasteiger partial charge in [-0.05, 0) is 31.9 Å². The molecule has 14 heavy (non-hydrogen) atoms. The maximum atomic E-state index is 4.50. The van der Waals surface area contributed by atoms with Gasteiger partial charge in [-0.25, -0.2) is 0 Å². The molecule has 0 bridgehead atoms. The van der Waals surface area contributed by atoms with Crippen molar-refractivity contribution in [3.63, 3.8) is 0 Å². The lowest BCUT2D eigenvalue weighted by Crippen LogP contribution is -1.98. The molecule has 0 spiro atoms. The van der Waals surface area contributed by atoms with E-state index in [1.807, 2.05) is 0 Å². The van der Waals surface area contributed by atoms with Crippen LogP contribution in [0.1, 0.15) is 12.6 Å². The number of nitrogens with zero attached hydrogens (tertiary/aromatic N) is 2. The second kappa shape index (κ2) is 3.70. The summed E-state index contributed by atoms with van der Waals surface area (Å²) in [6, 6.07) is 6.66. The molecule has 2 rings (SSSR count). The van der Waals surface area contributed by atoms with Crippen LogP contribution in [0.5, 0.6) is 0 Å². The fourth-order valence-electron chi connectivity index (χ4n) is 1.74. The number of hydrogen-bond donors (Lipinski definition) is 0. The molecular weight excluding hydrogens is 191 g/mol. The summed E-state index contributed by atoms with van der Waals surface area (Å²) in [6.45, 7) is 7.36. The number of fused-ring (bicyclic) bond motifs is 1. The van der Waals surface area contributed by atoms with Crippen LogP contribution < -0.4 is 5.30 Å². The summed E-state index contributed by atoms with van der Waals surface area (Å²) in [4.78, 5) is 0. The highest BCUT2D eigenvalue weighted by Crippen LogP contribution is 2.18. The van der Waals surface area contributed by atoms with E-state index in [1.165, 1.54) is 16.2 Å². The summed E-state index contributed by atoms with van der Waals surface area (Å²) in [5.41, 5.74) is 2.41. The summed E-state index contributed by atoms with van der Waals surface area (Å²) in [7, 11) is 0.859. The zero-order chi connectivity index (χ0) is 10.1. The molecule has 2 aromatic rings. The van der Waals surface area contributed by atoms with Crippen LogP contribution in [-0.4, -0.2) is 16.4 Å². The van der Waals surface area contributed by atoms with Gasteiger partial charge in [0, 0.05) is 11.9 Å². The number of benzene rings is 1. The first-order valence-electron chi connectivity index (χ1n) is 4.91. The van der Waals surface area contributed by atoms with Crippen molar-refractivity contribution in [3.05, 3.63) is 23.9 Å². The number of aromatic nitrogens is 2. The topological polar surface area (TPSA) is 17.8 Å². The van der Waals surface area contributed by atoms with Crippen molar-refractivity contribution in [2.45, 2.75) is 20.4 Å². The van der Waals surface area contributed by atoms with Gasteiger partial charge < -0.3 is 0 Å². The zero-order valence-corrected chi connectivity index (χ0v) is 9.83. The van der Waals surface area contributed by atoms with Crippen LogP contribution in [0.25, 0.3) is 10.9 Å². The van der Waals surface area contributed by atoms with Crippen molar-refractivity contribution in [2.24, 2.45) is 0 Å². The molecule has 1 unspecified atom stereocenters. The molecule has 0 aliphatic carbocycles. The Morgan fingerprint density at radius 3 is 2.86 bits per heavy atom. The summed E-state index contributed by atoms with van der Waals surface area (Å²) in [6.07, 6.45) is 0. The molecule has 2 nitrogen and oxygen atoms in total. The van der Waals surface area contributed by atoms with Gasteiger partial charge in [0.05, 0.1) is 11.2 Å². The molecule has 0 saturated carbocycles. The minimum atomic E-state index is 0.859. The van der Waals surface area contributed by atoms with Gasteiger partial charge in [-0.15, -0.1) is 0 Å². The van der Waals surface area contributed by atoms with E-state index in [0.717, 1.165) is 20.8 Å². The Labute approximate surface area is 86.1 Å². The summed E-state index contributed by atoms with van der Waals surface area (Å²) in [5.74, 6) is 0. The Morgan fingerprint density at radius 1 is 1.43 bits per heavy atom. The zero-order valence-electron chi connectivity index (χ0n) is 8.83. The molecule has 0 radical (unpaired) electrons. The first-order chi connectivity index (χ1) is 6.76. The Bertz CT molecular complexity index is 460. The van der Waals surface area contributed by atoms with Crippen LogP contribution in [0, 0.1) is 6.92 Å². The molecule has 74 valence electrons. The van der Waals surface area contributed by atoms with Gasteiger partial charge in [0.25, 0.3) is 0 Å². The molecule has 1 atom stereocenters. The highest BCUT2D eigenvalue weighted by Gasteiger charge is 2.05. The molecule has 1 aromatic carbocycles. The fourth-order valence-corrected chi connectivity index (χ4v) is 2.27. The Hall–Kier alpha value is -0.880. The molecule has 0 aliphatic heterocycles. The molecule has 1 aromatic heterocycles. The molecule has 3 heteroatoms. The van der Waals surface area contributed by atoms with E-state index in [-0.39, 0.29) is 0 Å². The van der Waals surface area contributed by atoms with E-state index in [4.69, 9.17) is 0 Å². The number of hydrogen-bond acceptors (Lipinski definition) is 1. The van der Waals surface area contributed by atoms with E-state index in [9.17, 15) is 0 Å². The first-order valence-corrected chi connectivity index (χ1v) is 6.41. The number of aryl methyl sites for hydroxylation is 2. The van der Waals surface area contributed by atoms with Gasteiger partial charge in [-0.2, -0.15) is 5.10 Å². The standard InChI is InChI=1S/C11H15N2P/c1-4-13-11-7-9(14-3)5-6-10(11)8(2)12-13/h5-7,14H,4H2,1-3H3. The normalized spacial score (nSPS) is 11.9. The van der Waals surface area contributed by atoms with Gasteiger partial charge in [0.1, 0.15) is 0 Å². The van der Waals surface area contributed by atoms with Gasteiger partial charge in [-0.3, -0.25) is 4.68 Å². The Morgan fingerprint density at radius 2 is 2.21 bits per heavy atom. The average Bonchev–Trinajstić information content (AvgIpc) is 2.55. The highest BCUT2D eigenvalue weighted by molar-refractivity contribution is 7.46. The summed E-state index contributed by atoms with van der Waals surface area (Å²) in [5, 5.41) is 7.20. The smallest absolute Gasteiger partial charge is 0.0691 e. The average molecular weight is 206 g/mol. The summed E-state index contributed by atoms with van der Waals surface area (Å²) >= 11 is 0. The lowest BCUT2D eigenvalue weighted by molar-refractivity contribution is 0.676. The Kier molecular flexibility index (Phi) is 2.56. The van der Waals surface area contributed by atoms with Crippen molar-refractivity contribution >= 4 is 24.8 Å². The van der Waals surface area contributed by atoms with Crippen LogP contribution >= 0.6 is 8.58 Å². The van der Waals surface area contributed by atoms with Crippen molar-refractivity contribution in [1.29, 1.82) is 0 Å². The van der Waals surface area contributed by atoms with Gasteiger partial charge >= 0.3 is 0 Å². The monoisotopic (exact) mass is 206 g/mol. The molecule has 0 N–H and O–H groups in total. The predicted molar refractivity (Wildman–Crippen MR) is 64.0 cm³/mol. The second-order valence-corrected chi connectivity index (χ2v) is 4.46. The van der Waals surface area contributed by atoms with Gasteiger partial charge in [0.15, 0.2) is 0 Å². The van der Waals surface area contributed by atoms with E-state index >= 15 is 0 Å². The van der Waals surface area contributed by atoms with E-state index < -0.39 is 0 Å². The van der Waals surface area contributed by atoms with E-state index in [2.05, 4.69) is 48.5 Å². The predicted octanol–water partition coefficient (Wildman–Crippen LogP) is 2.30. The van der Waals surface area contributed by atoms with E-state index in [1.54, 1.807) is 0 Å². The van der Waals surface area contributed by atoms with Gasteiger partial charge in [0.2, 0.25) is 0 Å².